The third-order valence-electron chi connectivity index (χ3n) is 3.73. The van der Waals surface area contributed by atoms with Crippen LogP contribution in [-0.4, -0.2) is 39.2 Å². The van der Waals surface area contributed by atoms with E-state index in [4.69, 9.17) is 4.74 Å². The maximum absolute atomic E-state index is 12.8. The zero-order valence-electron chi connectivity index (χ0n) is 14.2. The van der Waals surface area contributed by atoms with E-state index < -0.39 is 17.6 Å². The van der Waals surface area contributed by atoms with Crippen molar-refractivity contribution in [1.29, 1.82) is 0 Å². The van der Waals surface area contributed by atoms with E-state index in [-0.39, 0.29) is 19.7 Å². The first kappa shape index (κ1) is 17.4. The first-order valence-electron chi connectivity index (χ1n) is 8.15. The lowest BCUT2D eigenvalue weighted by atomic mass is 10.2. The van der Waals surface area contributed by atoms with Crippen LogP contribution in [0.5, 0.6) is 0 Å². The molecule has 3 rings (SSSR count). The number of carbonyl (C=O) groups is 2. The Hall–Kier alpha value is -3.42. The highest BCUT2D eigenvalue weighted by Crippen LogP contribution is 2.14. The van der Waals surface area contributed by atoms with Crippen LogP contribution in [0.3, 0.4) is 0 Å². The first-order chi connectivity index (χ1) is 12.6. The highest BCUT2D eigenvalue weighted by molar-refractivity contribution is 5.97. The highest BCUT2D eigenvalue weighted by Gasteiger charge is 2.21. The predicted octanol–water partition coefficient (Wildman–Crippen LogP) is 1.09. The summed E-state index contributed by atoms with van der Waals surface area (Å²) < 4.78 is 7.38. The Kier molecular flexibility index (Phi) is 5.12. The number of benzene rings is 1. The molecule has 0 N–H and O–H groups in total. The van der Waals surface area contributed by atoms with Gasteiger partial charge in [-0.2, -0.15) is 0 Å². The molecule has 26 heavy (non-hydrogen) atoms. The lowest BCUT2D eigenvalue weighted by Crippen LogP contribution is -2.40. The van der Waals surface area contributed by atoms with Crippen LogP contribution in [-0.2, 0) is 20.9 Å². The fourth-order valence-electron chi connectivity index (χ4n) is 2.55. The molecule has 0 aliphatic heterocycles. The van der Waals surface area contributed by atoms with Crippen LogP contribution >= 0.6 is 0 Å². The summed E-state index contributed by atoms with van der Waals surface area (Å²) in [5.74, 6) is -0.957. The van der Waals surface area contributed by atoms with E-state index >= 15 is 0 Å². The topological polar surface area (TPSA) is 85.9 Å². The normalized spacial score (nSPS) is 10.7. The van der Waals surface area contributed by atoms with Crippen LogP contribution in [0.4, 0.5) is 5.69 Å². The molecule has 0 bridgehead atoms. The van der Waals surface area contributed by atoms with Gasteiger partial charge in [0, 0.05) is 11.9 Å². The number of hydrogen-bond acceptors (Lipinski definition) is 5. The molecule has 0 radical (unpaired) electrons. The summed E-state index contributed by atoms with van der Waals surface area (Å²) >= 11 is 0. The first-order valence-corrected chi connectivity index (χ1v) is 8.15. The van der Waals surface area contributed by atoms with Crippen molar-refractivity contribution in [3.8, 4) is 0 Å². The van der Waals surface area contributed by atoms with E-state index in [0.717, 1.165) is 4.68 Å². The van der Waals surface area contributed by atoms with Gasteiger partial charge in [-0.25, -0.2) is 9.48 Å². The molecule has 8 heteroatoms. The largest absolute Gasteiger partial charge is 0.465 e. The number of rotatable bonds is 6. The second-order valence-electron chi connectivity index (χ2n) is 5.49. The Morgan fingerprint density at radius 1 is 1.12 bits per heavy atom. The minimum atomic E-state index is -0.521. The van der Waals surface area contributed by atoms with E-state index in [9.17, 15) is 14.4 Å². The third-order valence-corrected chi connectivity index (χ3v) is 3.73. The molecule has 8 nitrogen and oxygen atoms in total. The number of hydrogen-bond donors (Lipinski definition) is 0. The minimum Gasteiger partial charge on any atom is -0.465 e. The number of anilines is 1. The van der Waals surface area contributed by atoms with Gasteiger partial charge in [-0.1, -0.05) is 24.3 Å². The molecular formula is C18H18N4O4. The molecule has 0 aliphatic carbocycles. The maximum Gasteiger partial charge on any atom is 0.350 e. The van der Waals surface area contributed by atoms with E-state index in [0.29, 0.717) is 11.3 Å². The van der Waals surface area contributed by atoms with Gasteiger partial charge < -0.3 is 4.74 Å². The number of para-hydroxylation sites is 1. The van der Waals surface area contributed by atoms with Gasteiger partial charge in [-0.3, -0.25) is 18.9 Å². The summed E-state index contributed by atoms with van der Waals surface area (Å²) in [6, 6.07) is 13.9. The highest BCUT2D eigenvalue weighted by atomic mass is 16.5. The van der Waals surface area contributed by atoms with Crippen LogP contribution in [0.15, 0.2) is 59.5 Å². The average Bonchev–Trinajstić information content (AvgIpc) is 2.96. The Balaban J connectivity index is 1.88. The zero-order chi connectivity index (χ0) is 18.5. The van der Waals surface area contributed by atoms with Gasteiger partial charge in [-0.05, 0) is 31.2 Å². The van der Waals surface area contributed by atoms with Crippen LogP contribution in [0.1, 0.15) is 6.92 Å². The van der Waals surface area contributed by atoms with E-state index in [1.54, 1.807) is 55.6 Å². The van der Waals surface area contributed by atoms with Gasteiger partial charge in [0.15, 0.2) is 5.65 Å². The Morgan fingerprint density at radius 3 is 2.54 bits per heavy atom. The molecule has 2 aromatic heterocycles. The van der Waals surface area contributed by atoms with E-state index in [1.165, 1.54) is 9.30 Å². The summed E-state index contributed by atoms with van der Waals surface area (Å²) in [5, 5.41) is 4.15. The summed E-state index contributed by atoms with van der Waals surface area (Å²) in [6.45, 7) is 1.40. The number of nitrogens with zero attached hydrogens (tertiary/aromatic N) is 4. The van der Waals surface area contributed by atoms with Crippen LogP contribution in [0, 0.1) is 0 Å². The summed E-state index contributed by atoms with van der Waals surface area (Å²) in [4.78, 5) is 38.3. The molecule has 0 fully saturated rings. The van der Waals surface area contributed by atoms with Gasteiger partial charge in [0.1, 0.15) is 13.1 Å². The average molecular weight is 354 g/mol. The van der Waals surface area contributed by atoms with Crippen molar-refractivity contribution in [2.45, 2.75) is 13.5 Å². The number of pyridine rings is 1. The predicted molar refractivity (Wildman–Crippen MR) is 94.9 cm³/mol. The molecule has 134 valence electrons. The second kappa shape index (κ2) is 7.64. The smallest absolute Gasteiger partial charge is 0.350 e. The molecule has 0 atom stereocenters. The Labute approximate surface area is 149 Å². The fraction of sp³-hybridized carbons (Fsp3) is 0.222. The number of carbonyl (C=O) groups excluding carboxylic acids is 2. The fourth-order valence-corrected chi connectivity index (χ4v) is 2.55. The third kappa shape index (κ3) is 3.64. The molecular weight excluding hydrogens is 336 g/mol. The van der Waals surface area contributed by atoms with Crippen LogP contribution < -0.4 is 10.6 Å². The molecule has 0 saturated heterocycles. The summed E-state index contributed by atoms with van der Waals surface area (Å²) in [7, 11) is 0. The van der Waals surface area contributed by atoms with Gasteiger partial charge in [0.2, 0.25) is 5.91 Å². The number of ether oxygens (including phenoxy) is 1. The van der Waals surface area contributed by atoms with Crippen molar-refractivity contribution < 1.29 is 14.3 Å². The van der Waals surface area contributed by atoms with Gasteiger partial charge in [0.05, 0.1) is 6.61 Å². The van der Waals surface area contributed by atoms with Crippen molar-refractivity contribution in [2.75, 3.05) is 18.1 Å². The van der Waals surface area contributed by atoms with Crippen molar-refractivity contribution in [3.63, 3.8) is 0 Å². The van der Waals surface area contributed by atoms with E-state index in [1.807, 2.05) is 6.07 Å². The van der Waals surface area contributed by atoms with Gasteiger partial charge in [-0.15, -0.1) is 5.10 Å². The summed E-state index contributed by atoms with van der Waals surface area (Å²) in [5.41, 5.74) is 0.572. The van der Waals surface area contributed by atoms with Crippen molar-refractivity contribution in [1.82, 2.24) is 14.2 Å². The number of fused-ring (bicyclic) bond motifs is 1. The van der Waals surface area contributed by atoms with Crippen molar-refractivity contribution in [2.24, 2.45) is 0 Å². The molecule has 0 aliphatic rings. The van der Waals surface area contributed by atoms with Gasteiger partial charge >= 0.3 is 11.7 Å². The second-order valence-corrected chi connectivity index (χ2v) is 5.49. The number of amides is 1. The Morgan fingerprint density at radius 2 is 1.85 bits per heavy atom. The molecule has 0 unspecified atom stereocenters. The SMILES string of the molecule is CCOC(=O)CN(C(=O)Cn1nc2ccccn2c1=O)c1ccccc1. The lowest BCUT2D eigenvalue weighted by Gasteiger charge is -2.21. The van der Waals surface area contributed by atoms with Gasteiger partial charge in [0.25, 0.3) is 0 Å². The molecule has 3 aromatic rings. The minimum absolute atomic E-state index is 0.224. The molecule has 0 spiro atoms. The number of aromatic nitrogens is 3. The van der Waals surface area contributed by atoms with Crippen LogP contribution in [0.25, 0.3) is 5.65 Å². The Bertz CT molecular complexity index is 978. The zero-order valence-corrected chi connectivity index (χ0v) is 14.2. The molecule has 2 heterocycles. The summed E-state index contributed by atoms with van der Waals surface area (Å²) in [6.07, 6.45) is 1.58. The lowest BCUT2D eigenvalue weighted by molar-refractivity contribution is -0.142. The van der Waals surface area contributed by atoms with E-state index in [2.05, 4.69) is 5.10 Å². The van der Waals surface area contributed by atoms with Crippen LogP contribution in [0.2, 0.25) is 0 Å². The molecule has 1 amide bonds. The monoisotopic (exact) mass is 354 g/mol. The quantitative estimate of drug-likeness (QED) is 0.619. The van der Waals surface area contributed by atoms with Crippen molar-refractivity contribution in [3.05, 3.63) is 65.2 Å². The molecule has 0 saturated carbocycles. The number of esters is 1. The molecule has 1 aromatic carbocycles. The maximum atomic E-state index is 12.8. The van der Waals surface area contributed by atoms with Crippen molar-refractivity contribution >= 4 is 23.2 Å². The standard InChI is InChI=1S/C18H18N4O4/c1-2-26-17(24)13-21(14-8-4-3-5-9-14)16(23)12-22-18(25)20-11-7-6-10-15(20)19-22/h3-11H,2,12-13H2,1H3.